The molecule has 0 unspecified atom stereocenters. The van der Waals surface area contributed by atoms with Crippen molar-refractivity contribution in [1.82, 2.24) is 5.32 Å². The fraction of sp³-hybridized carbons (Fsp3) is 0.278. The van der Waals surface area contributed by atoms with Crippen LogP contribution in [0.5, 0.6) is 11.5 Å². The maximum absolute atomic E-state index is 5.96. The number of nitrogens with one attached hydrogen (secondary N) is 2. The lowest BCUT2D eigenvalue weighted by molar-refractivity contribution is 0.287. The molecule has 2 rings (SSSR count). The van der Waals surface area contributed by atoms with Crippen molar-refractivity contribution in [3.63, 3.8) is 0 Å². The number of ether oxygens (including phenoxy) is 2. The molecule has 2 aromatic carbocycles. The molecule has 0 saturated carbocycles. The van der Waals surface area contributed by atoms with Gasteiger partial charge in [-0.15, -0.1) is 0 Å². The van der Waals surface area contributed by atoms with Gasteiger partial charge in [-0.25, -0.2) is 0 Å². The molecule has 0 atom stereocenters. The van der Waals surface area contributed by atoms with E-state index in [2.05, 4.69) is 10.6 Å². The summed E-state index contributed by atoms with van der Waals surface area (Å²) in [5.74, 6) is 1.50. The van der Waals surface area contributed by atoms with Gasteiger partial charge in [-0.3, -0.25) is 0 Å². The Balaban J connectivity index is 1.95. The van der Waals surface area contributed by atoms with E-state index in [0.717, 1.165) is 22.7 Å². The van der Waals surface area contributed by atoms with E-state index in [1.165, 1.54) is 0 Å². The Labute approximate surface area is 153 Å². The molecular weight excluding hydrogens is 344 g/mol. The fourth-order valence-corrected chi connectivity index (χ4v) is 2.51. The summed E-state index contributed by atoms with van der Waals surface area (Å²) in [6, 6.07) is 13.3. The van der Waals surface area contributed by atoms with Crippen LogP contribution in [0.25, 0.3) is 0 Å². The van der Waals surface area contributed by atoms with Gasteiger partial charge in [0.15, 0.2) is 16.6 Å². The molecule has 0 amide bonds. The molecular formula is C18H21ClN2O2S. The Morgan fingerprint density at radius 2 is 1.79 bits per heavy atom. The van der Waals surface area contributed by atoms with Gasteiger partial charge in [0.25, 0.3) is 0 Å². The van der Waals surface area contributed by atoms with E-state index in [0.29, 0.717) is 29.9 Å². The van der Waals surface area contributed by atoms with Crippen LogP contribution in [0.2, 0.25) is 5.02 Å². The van der Waals surface area contributed by atoms with Crippen molar-refractivity contribution >= 4 is 34.6 Å². The van der Waals surface area contributed by atoms with Gasteiger partial charge in [-0.05, 0) is 62.0 Å². The molecule has 24 heavy (non-hydrogen) atoms. The minimum absolute atomic E-state index is 0.532. The third-order valence-electron chi connectivity index (χ3n) is 3.14. The predicted molar refractivity (Wildman–Crippen MR) is 103 cm³/mol. The highest BCUT2D eigenvalue weighted by atomic mass is 35.5. The zero-order valence-corrected chi connectivity index (χ0v) is 15.3. The lowest BCUT2D eigenvalue weighted by atomic mass is 10.2. The molecule has 0 aromatic heterocycles. The van der Waals surface area contributed by atoms with Gasteiger partial charge in [-0.2, -0.15) is 0 Å². The number of rotatable bonds is 7. The van der Waals surface area contributed by atoms with Crippen molar-refractivity contribution < 1.29 is 9.47 Å². The summed E-state index contributed by atoms with van der Waals surface area (Å²) in [6.45, 7) is 5.67. The molecule has 0 saturated heterocycles. The summed E-state index contributed by atoms with van der Waals surface area (Å²) in [5.41, 5.74) is 1.90. The summed E-state index contributed by atoms with van der Waals surface area (Å²) < 4.78 is 11.2. The third-order valence-corrected chi connectivity index (χ3v) is 3.62. The van der Waals surface area contributed by atoms with Crippen LogP contribution in [0.1, 0.15) is 19.4 Å². The van der Waals surface area contributed by atoms with E-state index in [1.807, 2.05) is 56.3 Å². The van der Waals surface area contributed by atoms with E-state index in [-0.39, 0.29) is 0 Å². The molecule has 0 radical (unpaired) electrons. The quantitative estimate of drug-likeness (QED) is 0.701. The monoisotopic (exact) mass is 364 g/mol. The molecule has 0 aliphatic rings. The van der Waals surface area contributed by atoms with Crippen molar-refractivity contribution in [3.05, 3.63) is 53.1 Å². The number of hydrogen-bond acceptors (Lipinski definition) is 3. The normalized spacial score (nSPS) is 10.1. The lowest BCUT2D eigenvalue weighted by Crippen LogP contribution is -2.27. The first-order valence-corrected chi connectivity index (χ1v) is 8.60. The first kappa shape index (κ1) is 18.4. The highest BCUT2D eigenvalue weighted by molar-refractivity contribution is 7.80. The highest BCUT2D eigenvalue weighted by Crippen LogP contribution is 2.28. The van der Waals surface area contributed by atoms with Gasteiger partial charge in [0.05, 0.1) is 13.2 Å². The maximum Gasteiger partial charge on any atom is 0.171 e. The number of hydrogen-bond donors (Lipinski definition) is 2. The molecule has 0 bridgehead atoms. The van der Waals surface area contributed by atoms with Gasteiger partial charge in [0, 0.05) is 17.3 Å². The standard InChI is InChI=1S/C18H21ClN2O2S/c1-3-22-16-9-8-13(10-17(16)23-4-2)12-20-18(24)21-15-7-5-6-14(19)11-15/h5-11H,3-4,12H2,1-2H3,(H2,20,21,24). The third kappa shape index (κ3) is 5.58. The minimum atomic E-state index is 0.532. The van der Waals surface area contributed by atoms with E-state index >= 15 is 0 Å². The van der Waals surface area contributed by atoms with Crippen molar-refractivity contribution in [2.45, 2.75) is 20.4 Å². The van der Waals surface area contributed by atoms with Crippen molar-refractivity contribution in [2.24, 2.45) is 0 Å². The van der Waals surface area contributed by atoms with Crippen LogP contribution < -0.4 is 20.1 Å². The summed E-state index contributed by atoms with van der Waals surface area (Å²) in [6.07, 6.45) is 0. The molecule has 2 N–H and O–H groups in total. The second kappa shape index (κ2) is 9.35. The summed E-state index contributed by atoms with van der Waals surface area (Å²) >= 11 is 11.3. The van der Waals surface area contributed by atoms with Crippen LogP contribution >= 0.6 is 23.8 Å². The SMILES string of the molecule is CCOc1ccc(CNC(=S)Nc2cccc(Cl)c2)cc1OCC. The van der Waals surface area contributed by atoms with Gasteiger partial charge in [0.2, 0.25) is 0 Å². The first-order valence-electron chi connectivity index (χ1n) is 7.81. The highest BCUT2D eigenvalue weighted by Gasteiger charge is 2.06. The van der Waals surface area contributed by atoms with Gasteiger partial charge in [0.1, 0.15) is 0 Å². The molecule has 0 aliphatic heterocycles. The largest absolute Gasteiger partial charge is 0.490 e. The van der Waals surface area contributed by atoms with Crippen molar-refractivity contribution in [1.29, 1.82) is 0 Å². The molecule has 2 aromatic rings. The Morgan fingerprint density at radius 3 is 2.50 bits per heavy atom. The number of anilines is 1. The van der Waals surface area contributed by atoms with Crippen LogP contribution in [0.4, 0.5) is 5.69 Å². The molecule has 128 valence electrons. The fourth-order valence-electron chi connectivity index (χ4n) is 2.13. The smallest absolute Gasteiger partial charge is 0.171 e. The molecule has 4 nitrogen and oxygen atoms in total. The van der Waals surface area contributed by atoms with Crippen LogP contribution in [0, 0.1) is 0 Å². The summed E-state index contributed by atoms with van der Waals surface area (Å²) in [4.78, 5) is 0. The van der Waals surface area contributed by atoms with E-state index in [4.69, 9.17) is 33.3 Å². The molecule has 0 aliphatic carbocycles. The number of benzene rings is 2. The van der Waals surface area contributed by atoms with E-state index < -0.39 is 0 Å². The predicted octanol–water partition coefficient (Wildman–Crippen LogP) is 4.62. The molecule has 6 heteroatoms. The first-order chi connectivity index (χ1) is 11.6. The molecule has 0 fully saturated rings. The topological polar surface area (TPSA) is 42.5 Å². The zero-order valence-electron chi connectivity index (χ0n) is 13.8. The number of halogens is 1. The molecule has 0 spiro atoms. The Hall–Kier alpha value is -1.98. The zero-order chi connectivity index (χ0) is 17.4. The van der Waals surface area contributed by atoms with Gasteiger partial charge >= 0.3 is 0 Å². The van der Waals surface area contributed by atoms with Crippen LogP contribution in [0.15, 0.2) is 42.5 Å². The lowest BCUT2D eigenvalue weighted by Gasteiger charge is -2.14. The number of thiocarbonyl (C=S) groups is 1. The second-order valence-electron chi connectivity index (χ2n) is 4.97. The summed E-state index contributed by atoms with van der Waals surface area (Å²) in [7, 11) is 0. The van der Waals surface area contributed by atoms with Crippen molar-refractivity contribution in [2.75, 3.05) is 18.5 Å². The Bertz CT molecular complexity index is 694. The average molecular weight is 365 g/mol. The van der Waals surface area contributed by atoms with E-state index in [9.17, 15) is 0 Å². The summed E-state index contributed by atoms with van der Waals surface area (Å²) in [5, 5.41) is 7.47. The van der Waals surface area contributed by atoms with E-state index in [1.54, 1.807) is 0 Å². The van der Waals surface area contributed by atoms with Crippen LogP contribution in [0.3, 0.4) is 0 Å². The molecule has 0 heterocycles. The van der Waals surface area contributed by atoms with Crippen molar-refractivity contribution in [3.8, 4) is 11.5 Å². The van der Waals surface area contributed by atoms with Gasteiger partial charge < -0.3 is 20.1 Å². The van der Waals surface area contributed by atoms with Gasteiger partial charge in [-0.1, -0.05) is 23.7 Å². The Morgan fingerprint density at radius 1 is 1.04 bits per heavy atom. The average Bonchev–Trinajstić information content (AvgIpc) is 2.55. The Kier molecular flexibility index (Phi) is 7.15. The maximum atomic E-state index is 5.96. The van der Waals surface area contributed by atoms with Crippen LogP contribution in [-0.2, 0) is 6.54 Å². The van der Waals surface area contributed by atoms with Crippen LogP contribution in [-0.4, -0.2) is 18.3 Å². The minimum Gasteiger partial charge on any atom is -0.490 e. The second-order valence-corrected chi connectivity index (χ2v) is 5.81.